The van der Waals surface area contributed by atoms with Crippen molar-refractivity contribution in [3.8, 4) is 5.75 Å². The molecule has 0 bridgehead atoms. The molecule has 0 saturated carbocycles. The molecule has 0 fully saturated rings. The Morgan fingerprint density at radius 3 is 2.22 bits per heavy atom. The van der Waals surface area contributed by atoms with Gasteiger partial charge in [-0.15, -0.1) is 0 Å². The Bertz CT molecular complexity index is 885. The summed E-state index contributed by atoms with van der Waals surface area (Å²) in [4.78, 5) is 26.1. The Labute approximate surface area is 162 Å². The minimum absolute atomic E-state index is 0.0206. The first-order valence-corrected chi connectivity index (χ1v) is 9.05. The molecule has 2 amide bonds. The average Bonchev–Trinajstić information content (AvgIpc) is 2.84. The van der Waals surface area contributed by atoms with Crippen molar-refractivity contribution in [3.05, 3.63) is 70.4 Å². The van der Waals surface area contributed by atoms with Crippen molar-refractivity contribution in [3.63, 3.8) is 0 Å². The predicted molar refractivity (Wildman–Crippen MR) is 104 cm³/mol. The Morgan fingerprint density at radius 2 is 1.63 bits per heavy atom. The number of rotatable bonds is 6. The van der Waals surface area contributed by atoms with E-state index in [-0.39, 0.29) is 18.2 Å². The number of hydrogen-bond donors (Lipinski definition) is 1. The summed E-state index contributed by atoms with van der Waals surface area (Å²) in [6, 6.07) is 13.9. The van der Waals surface area contributed by atoms with Crippen molar-refractivity contribution in [1.82, 2.24) is 4.90 Å². The molecule has 2 aromatic carbocycles. The second kappa shape index (κ2) is 7.84. The molecular weight excluding hydrogens is 366 g/mol. The van der Waals surface area contributed by atoms with Crippen LogP contribution in [0.2, 0.25) is 5.02 Å². The van der Waals surface area contributed by atoms with Crippen molar-refractivity contribution in [1.29, 1.82) is 0 Å². The molecule has 1 N–H and O–H groups in total. The highest BCUT2D eigenvalue weighted by Crippen LogP contribution is 2.29. The van der Waals surface area contributed by atoms with Crippen LogP contribution >= 0.6 is 11.6 Å². The van der Waals surface area contributed by atoms with Gasteiger partial charge in [-0.1, -0.05) is 35.9 Å². The molecule has 27 heavy (non-hydrogen) atoms. The van der Waals surface area contributed by atoms with Gasteiger partial charge in [0, 0.05) is 11.6 Å². The van der Waals surface area contributed by atoms with Crippen molar-refractivity contribution >= 4 is 29.0 Å². The fraction of sp³-hybridized carbons (Fsp3) is 0.238. The number of amides is 2. The van der Waals surface area contributed by atoms with Gasteiger partial charge in [0.15, 0.2) is 5.76 Å². The normalized spacial score (nSPS) is 14.4. The van der Waals surface area contributed by atoms with E-state index in [1.807, 2.05) is 26.0 Å². The van der Waals surface area contributed by atoms with Gasteiger partial charge in [-0.2, -0.15) is 0 Å². The molecule has 0 radical (unpaired) electrons. The van der Waals surface area contributed by atoms with Gasteiger partial charge in [-0.25, -0.2) is 0 Å². The van der Waals surface area contributed by atoms with Gasteiger partial charge in [0.1, 0.15) is 5.75 Å². The lowest BCUT2D eigenvalue weighted by atomic mass is 10.1. The first-order valence-electron chi connectivity index (χ1n) is 8.68. The number of benzene rings is 2. The molecule has 0 aromatic heterocycles. The minimum Gasteiger partial charge on any atom is -0.502 e. The second-order valence-electron chi connectivity index (χ2n) is 6.55. The third-order valence-corrected chi connectivity index (χ3v) is 4.45. The highest BCUT2D eigenvalue weighted by atomic mass is 35.5. The van der Waals surface area contributed by atoms with Gasteiger partial charge in [-0.05, 0) is 55.7 Å². The van der Waals surface area contributed by atoms with E-state index < -0.39 is 17.6 Å². The lowest BCUT2D eigenvalue weighted by Crippen LogP contribution is -2.33. The number of hydrogen-bond acceptors (Lipinski definition) is 4. The van der Waals surface area contributed by atoms with Crippen LogP contribution < -0.4 is 4.74 Å². The maximum absolute atomic E-state index is 12.7. The zero-order chi connectivity index (χ0) is 19.6. The summed E-state index contributed by atoms with van der Waals surface area (Å²) >= 11 is 5.86. The van der Waals surface area contributed by atoms with E-state index in [4.69, 9.17) is 16.3 Å². The molecular formula is C21H20ClNO4. The number of ether oxygens (including phenoxy) is 1. The largest absolute Gasteiger partial charge is 0.502 e. The summed E-state index contributed by atoms with van der Waals surface area (Å²) in [5.74, 6) is -1.03. The van der Waals surface area contributed by atoms with Crippen LogP contribution in [-0.2, 0) is 16.0 Å². The van der Waals surface area contributed by atoms with Crippen LogP contribution in [0.25, 0.3) is 5.57 Å². The molecule has 140 valence electrons. The van der Waals surface area contributed by atoms with Crippen molar-refractivity contribution in [2.45, 2.75) is 26.4 Å². The van der Waals surface area contributed by atoms with Crippen LogP contribution in [0.3, 0.4) is 0 Å². The van der Waals surface area contributed by atoms with Crippen LogP contribution in [-0.4, -0.2) is 34.5 Å². The highest BCUT2D eigenvalue weighted by Gasteiger charge is 2.38. The van der Waals surface area contributed by atoms with E-state index >= 15 is 0 Å². The van der Waals surface area contributed by atoms with Gasteiger partial charge >= 0.3 is 0 Å². The number of aliphatic hydroxyl groups is 1. The number of carbonyl (C=O) groups is 2. The number of halogens is 1. The van der Waals surface area contributed by atoms with Gasteiger partial charge in [0.05, 0.1) is 11.7 Å². The summed E-state index contributed by atoms with van der Waals surface area (Å²) in [7, 11) is 0. The lowest BCUT2D eigenvalue weighted by molar-refractivity contribution is -0.138. The van der Waals surface area contributed by atoms with Crippen LogP contribution in [0.5, 0.6) is 5.75 Å². The van der Waals surface area contributed by atoms with Crippen LogP contribution in [0.1, 0.15) is 25.0 Å². The molecule has 2 aromatic rings. The number of aliphatic hydroxyl groups excluding tert-OH is 1. The van der Waals surface area contributed by atoms with Crippen molar-refractivity contribution in [2.24, 2.45) is 0 Å². The third kappa shape index (κ3) is 4.14. The number of nitrogens with zero attached hydrogens (tertiary/aromatic N) is 1. The van der Waals surface area contributed by atoms with E-state index in [2.05, 4.69) is 0 Å². The third-order valence-electron chi connectivity index (χ3n) is 4.20. The Kier molecular flexibility index (Phi) is 5.51. The van der Waals surface area contributed by atoms with Crippen LogP contribution in [0, 0.1) is 0 Å². The molecule has 0 spiro atoms. The SMILES string of the molecule is CC(C)Oc1ccc(C2=C(O)C(=O)N(CCc3ccc(Cl)cc3)C2=O)cc1. The summed E-state index contributed by atoms with van der Waals surface area (Å²) in [6.45, 7) is 4.02. The van der Waals surface area contributed by atoms with Crippen molar-refractivity contribution in [2.75, 3.05) is 6.54 Å². The minimum atomic E-state index is -0.675. The molecule has 0 atom stereocenters. The standard InChI is InChI=1S/C21H20ClNO4/c1-13(2)27-17-9-5-15(6-10-17)18-19(24)21(26)23(20(18)25)12-11-14-3-7-16(22)8-4-14/h3-10,13,24H,11-12H2,1-2H3. The Hall–Kier alpha value is -2.79. The smallest absolute Gasteiger partial charge is 0.296 e. The molecule has 3 rings (SSSR count). The highest BCUT2D eigenvalue weighted by molar-refractivity contribution is 6.34. The molecule has 0 unspecified atom stereocenters. The van der Waals surface area contributed by atoms with E-state index in [1.54, 1.807) is 36.4 Å². The second-order valence-corrected chi connectivity index (χ2v) is 6.99. The van der Waals surface area contributed by atoms with Gasteiger partial charge in [0.25, 0.3) is 11.8 Å². The summed E-state index contributed by atoms with van der Waals surface area (Å²) in [5.41, 5.74) is 1.45. The first-order chi connectivity index (χ1) is 12.9. The monoisotopic (exact) mass is 385 g/mol. The fourth-order valence-electron chi connectivity index (χ4n) is 2.89. The van der Waals surface area contributed by atoms with Crippen LogP contribution in [0.15, 0.2) is 54.3 Å². The maximum Gasteiger partial charge on any atom is 0.296 e. The zero-order valence-corrected chi connectivity index (χ0v) is 15.9. The van der Waals surface area contributed by atoms with Crippen molar-refractivity contribution < 1.29 is 19.4 Å². The average molecular weight is 386 g/mol. The Morgan fingerprint density at radius 1 is 1.00 bits per heavy atom. The van der Waals surface area contributed by atoms with E-state index in [0.29, 0.717) is 22.8 Å². The summed E-state index contributed by atoms with van der Waals surface area (Å²) in [6.07, 6.45) is 0.512. The topological polar surface area (TPSA) is 66.8 Å². The molecule has 0 aliphatic carbocycles. The van der Waals surface area contributed by atoms with Crippen LogP contribution in [0.4, 0.5) is 0 Å². The van der Waals surface area contributed by atoms with Gasteiger partial charge in [-0.3, -0.25) is 14.5 Å². The summed E-state index contributed by atoms with van der Waals surface area (Å²) < 4.78 is 5.57. The first kappa shape index (κ1) is 19.0. The molecule has 5 nitrogen and oxygen atoms in total. The molecule has 0 saturated heterocycles. The molecule has 1 heterocycles. The Balaban J connectivity index is 1.74. The molecule has 1 aliphatic rings. The number of imide groups is 1. The maximum atomic E-state index is 12.7. The van der Waals surface area contributed by atoms with E-state index in [1.165, 1.54) is 0 Å². The quantitative estimate of drug-likeness (QED) is 0.763. The summed E-state index contributed by atoms with van der Waals surface area (Å²) in [5, 5.41) is 10.8. The number of carbonyl (C=O) groups excluding carboxylic acids is 2. The van der Waals surface area contributed by atoms with Gasteiger partial charge < -0.3 is 9.84 Å². The zero-order valence-electron chi connectivity index (χ0n) is 15.1. The predicted octanol–water partition coefficient (Wildman–Crippen LogP) is 4.01. The lowest BCUT2D eigenvalue weighted by Gasteiger charge is -2.14. The molecule has 1 aliphatic heterocycles. The van der Waals surface area contributed by atoms with E-state index in [9.17, 15) is 14.7 Å². The van der Waals surface area contributed by atoms with E-state index in [0.717, 1.165) is 10.5 Å². The van der Waals surface area contributed by atoms with Gasteiger partial charge in [0.2, 0.25) is 0 Å². The molecule has 6 heteroatoms. The fourth-order valence-corrected chi connectivity index (χ4v) is 3.02.